The molecule has 0 unspecified atom stereocenters. The number of amides is 2. The molecular formula is C20H28N4O. The molecule has 1 heterocycles. The summed E-state index contributed by atoms with van der Waals surface area (Å²) in [7, 11) is 0. The van der Waals surface area contributed by atoms with E-state index in [-0.39, 0.29) is 23.5 Å². The first-order valence-electron chi connectivity index (χ1n) is 8.96. The number of nitrogens with one attached hydrogen (secondary N) is 2. The van der Waals surface area contributed by atoms with Gasteiger partial charge in [0.25, 0.3) is 0 Å². The summed E-state index contributed by atoms with van der Waals surface area (Å²) in [6.07, 6.45) is 3.76. The van der Waals surface area contributed by atoms with Crippen molar-refractivity contribution in [2.24, 2.45) is 5.41 Å². The summed E-state index contributed by atoms with van der Waals surface area (Å²) in [6.45, 7) is 10.5. The zero-order valence-corrected chi connectivity index (χ0v) is 15.8. The lowest BCUT2D eigenvalue weighted by molar-refractivity contribution is 0.219. The zero-order chi connectivity index (χ0) is 18.2. The fraction of sp³-hybridized carbons (Fsp3) is 0.500. The SMILES string of the molecule is Cc1ccc(-n2ncc3c2CC(C)(C)C[C@H]3NC(=O)NC(C)C)cc1. The van der Waals surface area contributed by atoms with Gasteiger partial charge in [-0.15, -0.1) is 0 Å². The Labute approximate surface area is 149 Å². The van der Waals surface area contributed by atoms with Crippen molar-refractivity contribution in [3.63, 3.8) is 0 Å². The van der Waals surface area contributed by atoms with Crippen LogP contribution in [0.1, 0.15) is 57.0 Å². The standard InChI is InChI=1S/C20H28N4O/c1-13(2)22-19(25)23-17-10-20(4,5)11-18-16(17)12-21-24(18)15-8-6-14(3)7-9-15/h6-9,12-13,17H,10-11H2,1-5H3,(H2,22,23,25)/t17-/m1/s1. The fourth-order valence-corrected chi connectivity index (χ4v) is 3.54. The first kappa shape index (κ1) is 17.5. The summed E-state index contributed by atoms with van der Waals surface area (Å²) in [4.78, 5) is 12.2. The number of hydrogen-bond acceptors (Lipinski definition) is 2. The predicted molar refractivity (Wildman–Crippen MR) is 99.9 cm³/mol. The Morgan fingerprint density at radius 3 is 2.60 bits per heavy atom. The molecule has 25 heavy (non-hydrogen) atoms. The highest BCUT2D eigenvalue weighted by Gasteiger charge is 2.36. The molecule has 0 saturated heterocycles. The highest BCUT2D eigenvalue weighted by molar-refractivity contribution is 5.74. The van der Waals surface area contributed by atoms with E-state index in [1.165, 1.54) is 11.3 Å². The maximum Gasteiger partial charge on any atom is 0.315 e. The molecule has 2 N–H and O–H groups in total. The third kappa shape index (κ3) is 3.86. The highest BCUT2D eigenvalue weighted by atomic mass is 16.2. The molecule has 134 valence electrons. The van der Waals surface area contributed by atoms with E-state index in [1.807, 2.05) is 24.7 Å². The lowest BCUT2D eigenvalue weighted by Gasteiger charge is -2.36. The zero-order valence-electron chi connectivity index (χ0n) is 15.8. The largest absolute Gasteiger partial charge is 0.336 e. The minimum atomic E-state index is -0.119. The number of rotatable bonds is 3. The van der Waals surface area contributed by atoms with Crippen molar-refractivity contribution in [3.8, 4) is 5.69 Å². The van der Waals surface area contributed by atoms with Gasteiger partial charge in [-0.2, -0.15) is 5.10 Å². The second-order valence-corrected chi connectivity index (χ2v) is 8.16. The van der Waals surface area contributed by atoms with Crippen molar-refractivity contribution in [2.75, 3.05) is 0 Å². The van der Waals surface area contributed by atoms with E-state index < -0.39 is 0 Å². The van der Waals surface area contributed by atoms with Gasteiger partial charge in [0.15, 0.2) is 0 Å². The summed E-state index contributed by atoms with van der Waals surface area (Å²) in [5.74, 6) is 0. The van der Waals surface area contributed by atoms with Gasteiger partial charge in [0, 0.05) is 11.6 Å². The number of aromatic nitrogens is 2. The molecule has 0 radical (unpaired) electrons. The van der Waals surface area contributed by atoms with Crippen LogP contribution in [0.2, 0.25) is 0 Å². The molecule has 3 rings (SSSR count). The average molecular weight is 340 g/mol. The van der Waals surface area contributed by atoms with E-state index in [0.29, 0.717) is 0 Å². The van der Waals surface area contributed by atoms with Gasteiger partial charge in [-0.25, -0.2) is 9.48 Å². The third-order valence-corrected chi connectivity index (χ3v) is 4.68. The molecule has 2 amide bonds. The Hall–Kier alpha value is -2.30. The van der Waals surface area contributed by atoms with Crippen LogP contribution < -0.4 is 10.6 Å². The maximum absolute atomic E-state index is 12.2. The number of benzene rings is 1. The summed E-state index contributed by atoms with van der Waals surface area (Å²) in [5.41, 5.74) is 4.71. The minimum Gasteiger partial charge on any atom is -0.336 e. The molecule has 1 aliphatic rings. The number of carbonyl (C=O) groups is 1. The minimum absolute atomic E-state index is 0.0169. The fourth-order valence-electron chi connectivity index (χ4n) is 3.54. The van der Waals surface area contributed by atoms with Gasteiger partial charge in [-0.1, -0.05) is 31.5 Å². The van der Waals surface area contributed by atoms with E-state index in [0.717, 1.165) is 24.1 Å². The van der Waals surface area contributed by atoms with Crippen molar-refractivity contribution in [3.05, 3.63) is 47.3 Å². The molecule has 5 heteroatoms. The van der Waals surface area contributed by atoms with E-state index in [9.17, 15) is 4.79 Å². The molecule has 1 aromatic carbocycles. The summed E-state index contributed by atoms with van der Waals surface area (Å²) < 4.78 is 2.02. The molecule has 0 fully saturated rings. The maximum atomic E-state index is 12.2. The van der Waals surface area contributed by atoms with Crippen LogP contribution in [0.15, 0.2) is 30.5 Å². The average Bonchev–Trinajstić information content (AvgIpc) is 2.89. The lowest BCUT2D eigenvalue weighted by atomic mass is 9.74. The van der Waals surface area contributed by atoms with Gasteiger partial charge >= 0.3 is 6.03 Å². The Morgan fingerprint density at radius 1 is 1.28 bits per heavy atom. The second kappa shape index (κ2) is 6.54. The summed E-state index contributed by atoms with van der Waals surface area (Å²) >= 11 is 0. The van der Waals surface area contributed by atoms with Gasteiger partial charge in [0.05, 0.1) is 23.6 Å². The second-order valence-electron chi connectivity index (χ2n) is 8.16. The molecule has 2 aromatic rings. The van der Waals surface area contributed by atoms with Crippen LogP contribution in [-0.4, -0.2) is 21.9 Å². The molecule has 0 bridgehead atoms. The van der Waals surface area contributed by atoms with Crippen molar-refractivity contribution in [1.82, 2.24) is 20.4 Å². The van der Waals surface area contributed by atoms with E-state index in [1.54, 1.807) is 0 Å². The Morgan fingerprint density at radius 2 is 1.96 bits per heavy atom. The van der Waals surface area contributed by atoms with E-state index in [4.69, 9.17) is 0 Å². The van der Waals surface area contributed by atoms with Gasteiger partial charge in [-0.05, 0) is 51.2 Å². The van der Waals surface area contributed by atoms with Crippen LogP contribution >= 0.6 is 0 Å². The van der Waals surface area contributed by atoms with E-state index in [2.05, 4.69) is 60.8 Å². The molecule has 1 atom stereocenters. The van der Waals surface area contributed by atoms with E-state index >= 15 is 0 Å². The Balaban J connectivity index is 1.93. The molecule has 5 nitrogen and oxygen atoms in total. The van der Waals surface area contributed by atoms with Crippen molar-refractivity contribution in [1.29, 1.82) is 0 Å². The third-order valence-electron chi connectivity index (χ3n) is 4.68. The van der Waals surface area contributed by atoms with Gasteiger partial charge in [0.1, 0.15) is 0 Å². The predicted octanol–water partition coefficient (Wildman–Crippen LogP) is 3.90. The Bertz CT molecular complexity index is 759. The van der Waals surface area contributed by atoms with Crippen molar-refractivity contribution in [2.45, 2.75) is 59.5 Å². The number of aryl methyl sites for hydroxylation is 1. The van der Waals surface area contributed by atoms with Crippen LogP contribution in [0.4, 0.5) is 4.79 Å². The van der Waals surface area contributed by atoms with Gasteiger partial charge in [0.2, 0.25) is 0 Å². The number of urea groups is 1. The molecule has 1 aromatic heterocycles. The van der Waals surface area contributed by atoms with Crippen LogP contribution in [0, 0.1) is 12.3 Å². The first-order chi connectivity index (χ1) is 11.7. The monoisotopic (exact) mass is 340 g/mol. The van der Waals surface area contributed by atoms with Crippen molar-refractivity contribution >= 4 is 6.03 Å². The van der Waals surface area contributed by atoms with Gasteiger partial charge < -0.3 is 10.6 Å². The topological polar surface area (TPSA) is 59.0 Å². The molecule has 0 aliphatic heterocycles. The summed E-state index contributed by atoms with van der Waals surface area (Å²) in [5, 5.41) is 10.7. The Kier molecular flexibility index (Phi) is 4.58. The quantitative estimate of drug-likeness (QED) is 0.890. The van der Waals surface area contributed by atoms with Crippen LogP contribution in [-0.2, 0) is 6.42 Å². The molecule has 0 spiro atoms. The molecule has 1 aliphatic carbocycles. The molecule has 0 saturated carbocycles. The first-order valence-corrected chi connectivity index (χ1v) is 8.96. The lowest BCUT2D eigenvalue weighted by Crippen LogP contribution is -2.44. The number of hydrogen-bond donors (Lipinski definition) is 2. The van der Waals surface area contributed by atoms with Crippen LogP contribution in [0.3, 0.4) is 0 Å². The number of carbonyl (C=O) groups excluding carboxylic acids is 1. The smallest absolute Gasteiger partial charge is 0.315 e. The highest BCUT2D eigenvalue weighted by Crippen LogP contribution is 2.41. The van der Waals surface area contributed by atoms with Crippen LogP contribution in [0.5, 0.6) is 0 Å². The number of fused-ring (bicyclic) bond motifs is 1. The van der Waals surface area contributed by atoms with Gasteiger partial charge in [-0.3, -0.25) is 0 Å². The summed E-state index contributed by atoms with van der Waals surface area (Å²) in [6, 6.07) is 8.37. The normalized spacial score (nSPS) is 18.7. The molecular weight excluding hydrogens is 312 g/mol. The number of nitrogens with zero attached hydrogens (tertiary/aromatic N) is 2. The van der Waals surface area contributed by atoms with Crippen molar-refractivity contribution < 1.29 is 4.79 Å². The van der Waals surface area contributed by atoms with Crippen LogP contribution in [0.25, 0.3) is 5.69 Å².